The molecule has 0 fully saturated rings. The minimum atomic E-state index is -0.837. The molecule has 4 aromatic rings. The highest BCUT2D eigenvalue weighted by Crippen LogP contribution is 2.43. The Bertz CT molecular complexity index is 1230. The summed E-state index contributed by atoms with van der Waals surface area (Å²) >= 11 is 0. The monoisotopic (exact) mass is 475 g/mol. The predicted molar refractivity (Wildman–Crippen MR) is 147 cm³/mol. The zero-order chi connectivity index (χ0) is 25.3. The third-order valence-electron chi connectivity index (χ3n) is 6.94. The number of rotatable bonds is 11. The molecule has 4 aromatic carbocycles. The van der Waals surface area contributed by atoms with Crippen molar-refractivity contribution >= 4 is 5.97 Å². The predicted octanol–water partition coefficient (Wildman–Crippen LogP) is 7.66. The second-order valence-corrected chi connectivity index (χ2v) is 9.14. The molecule has 0 unspecified atom stereocenters. The molecule has 0 aromatic heterocycles. The summed E-state index contributed by atoms with van der Waals surface area (Å²) in [4.78, 5) is 15.5. The van der Waals surface area contributed by atoms with Gasteiger partial charge in [0, 0.05) is 24.5 Å². The standard InChI is InChI=1S/C33H33NO2/c1-3-30(28-20-12-6-13-21-28)31(33(35)36)32(29-22-14-7-15-23-29)34(24-26-16-8-4-9-17-26)25(2)27-18-10-5-11-19-27/h3-23,25,30-32H,1,24H2,2H3,(H,35,36)/t25-,30+,31-,32-/m0/s1. The van der Waals surface area contributed by atoms with E-state index in [1.54, 1.807) is 6.08 Å². The van der Waals surface area contributed by atoms with E-state index in [0.29, 0.717) is 6.54 Å². The van der Waals surface area contributed by atoms with Crippen molar-refractivity contribution in [2.75, 3.05) is 0 Å². The maximum atomic E-state index is 13.1. The van der Waals surface area contributed by atoms with Crippen molar-refractivity contribution in [3.8, 4) is 0 Å². The molecular weight excluding hydrogens is 442 g/mol. The maximum Gasteiger partial charge on any atom is 0.309 e. The van der Waals surface area contributed by atoms with Gasteiger partial charge in [-0.1, -0.05) is 127 Å². The minimum Gasteiger partial charge on any atom is -0.481 e. The van der Waals surface area contributed by atoms with E-state index in [2.05, 4.69) is 42.7 Å². The van der Waals surface area contributed by atoms with Gasteiger partial charge in [-0.05, 0) is 29.2 Å². The highest BCUT2D eigenvalue weighted by atomic mass is 16.4. The van der Waals surface area contributed by atoms with Crippen LogP contribution in [0.1, 0.15) is 47.2 Å². The largest absolute Gasteiger partial charge is 0.481 e. The SMILES string of the molecule is C=C[C@H](c1ccccc1)[C@H](C(=O)O)[C@H](c1ccccc1)N(Cc1ccccc1)[C@@H](C)c1ccccc1. The second kappa shape index (κ2) is 12.1. The van der Waals surface area contributed by atoms with Crippen LogP contribution < -0.4 is 0 Å². The zero-order valence-electron chi connectivity index (χ0n) is 20.7. The van der Waals surface area contributed by atoms with Gasteiger partial charge in [0.25, 0.3) is 0 Å². The van der Waals surface area contributed by atoms with Crippen LogP contribution in [0.4, 0.5) is 0 Å². The first-order valence-corrected chi connectivity index (χ1v) is 12.4. The van der Waals surface area contributed by atoms with E-state index >= 15 is 0 Å². The Hall–Kier alpha value is -3.95. The molecule has 0 saturated carbocycles. The summed E-state index contributed by atoms with van der Waals surface area (Å²) in [5.74, 6) is -1.95. The van der Waals surface area contributed by atoms with Gasteiger partial charge in [-0.3, -0.25) is 9.69 Å². The van der Waals surface area contributed by atoms with Crippen molar-refractivity contribution in [3.63, 3.8) is 0 Å². The number of carboxylic acids is 1. The molecule has 4 rings (SSSR count). The highest BCUT2D eigenvalue weighted by Gasteiger charge is 2.41. The molecule has 3 nitrogen and oxygen atoms in total. The maximum absolute atomic E-state index is 13.1. The van der Waals surface area contributed by atoms with E-state index in [-0.39, 0.29) is 12.0 Å². The third kappa shape index (κ3) is 5.81. The van der Waals surface area contributed by atoms with Gasteiger partial charge >= 0.3 is 5.97 Å². The van der Waals surface area contributed by atoms with Crippen LogP contribution in [0.25, 0.3) is 0 Å². The molecular formula is C33H33NO2. The average Bonchev–Trinajstić information content (AvgIpc) is 2.94. The Morgan fingerprint density at radius 3 is 1.67 bits per heavy atom. The summed E-state index contributed by atoms with van der Waals surface area (Å²) in [7, 11) is 0. The van der Waals surface area contributed by atoms with Crippen molar-refractivity contribution in [1.82, 2.24) is 4.90 Å². The Morgan fingerprint density at radius 2 is 1.19 bits per heavy atom. The molecule has 0 amide bonds. The molecule has 1 N–H and O–H groups in total. The Morgan fingerprint density at radius 1 is 0.750 bits per heavy atom. The summed E-state index contributed by atoms with van der Waals surface area (Å²) in [5, 5.41) is 10.8. The van der Waals surface area contributed by atoms with Gasteiger partial charge in [0.2, 0.25) is 0 Å². The summed E-state index contributed by atoms with van der Waals surface area (Å²) < 4.78 is 0. The van der Waals surface area contributed by atoms with Crippen LogP contribution in [0.5, 0.6) is 0 Å². The van der Waals surface area contributed by atoms with E-state index in [4.69, 9.17) is 0 Å². The van der Waals surface area contributed by atoms with E-state index in [0.717, 1.165) is 22.3 Å². The van der Waals surface area contributed by atoms with Crippen LogP contribution in [-0.4, -0.2) is 16.0 Å². The molecule has 0 bridgehead atoms. The van der Waals surface area contributed by atoms with Crippen LogP contribution in [0, 0.1) is 5.92 Å². The smallest absolute Gasteiger partial charge is 0.309 e. The molecule has 0 heterocycles. The number of nitrogens with zero attached hydrogens (tertiary/aromatic N) is 1. The molecule has 0 spiro atoms. The van der Waals surface area contributed by atoms with Crippen LogP contribution in [-0.2, 0) is 11.3 Å². The molecule has 36 heavy (non-hydrogen) atoms. The van der Waals surface area contributed by atoms with Gasteiger partial charge in [0.05, 0.1) is 5.92 Å². The lowest BCUT2D eigenvalue weighted by atomic mass is 9.77. The number of allylic oxidation sites excluding steroid dienone is 1. The summed E-state index contributed by atoms with van der Waals surface area (Å²) in [6.07, 6.45) is 1.79. The van der Waals surface area contributed by atoms with Gasteiger partial charge < -0.3 is 5.11 Å². The van der Waals surface area contributed by atoms with E-state index in [1.165, 1.54) is 0 Å². The molecule has 0 saturated heterocycles. The van der Waals surface area contributed by atoms with Gasteiger partial charge in [-0.25, -0.2) is 0 Å². The van der Waals surface area contributed by atoms with E-state index in [9.17, 15) is 9.90 Å². The number of carbonyl (C=O) groups is 1. The van der Waals surface area contributed by atoms with Crippen molar-refractivity contribution < 1.29 is 9.90 Å². The number of hydrogen-bond acceptors (Lipinski definition) is 2. The fraction of sp³-hybridized carbons (Fsp3) is 0.182. The van der Waals surface area contributed by atoms with Crippen molar-refractivity contribution in [2.45, 2.75) is 31.5 Å². The van der Waals surface area contributed by atoms with Gasteiger partial charge in [-0.15, -0.1) is 6.58 Å². The first-order chi connectivity index (χ1) is 17.6. The molecule has 182 valence electrons. The fourth-order valence-corrected chi connectivity index (χ4v) is 5.10. The third-order valence-corrected chi connectivity index (χ3v) is 6.94. The minimum absolute atomic E-state index is 0.0281. The second-order valence-electron chi connectivity index (χ2n) is 9.14. The zero-order valence-corrected chi connectivity index (χ0v) is 20.7. The highest BCUT2D eigenvalue weighted by molar-refractivity contribution is 5.73. The molecule has 0 aliphatic heterocycles. The van der Waals surface area contributed by atoms with E-state index in [1.807, 2.05) is 97.1 Å². The lowest BCUT2D eigenvalue weighted by Gasteiger charge is -2.42. The number of aliphatic carboxylic acids is 1. The van der Waals surface area contributed by atoms with Gasteiger partial charge in [0.1, 0.15) is 0 Å². The Labute approximate surface area is 214 Å². The molecule has 0 aliphatic rings. The summed E-state index contributed by atoms with van der Waals surface area (Å²) in [6, 6.07) is 40.0. The Kier molecular flexibility index (Phi) is 8.48. The fourth-order valence-electron chi connectivity index (χ4n) is 5.10. The van der Waals surface area contributed by atoms with Crippen LogP contribution in [0.3, 0.4) is 0 Å². The van der Waals surface area contributed by atoms with Crippen molar-refractivity contribution in [1.29, 1.82) is 0 Å². The van der Waals surface area contributed by atoms with Crippen molar-refractivity contribution in [3.05, 3.63) is 156 Å². The quantitative estimate of drug-likeness (QED) is 0.226. The lowest BCUT2D eigenvalue weighted by Crippen LogP contribution is -2.40. The van der Waals surface area contributed by atoms with E-state index < -0.39 is 17.9 Å². The molecule has 0 radical (unpaired) electrons. The van der Waals surface area contributed by atoms with Crippen molar-refractivity contribution in [2.24, 2.45) is 5.92 Å². The first-order valence-electron chi connectivity index (χ1n) is 12.4. The van der Waals surface area contributed by atoms with Crippen LogP contribution in [0.2, 0.25) is 0 Å². The molecule has 3 heteroatoms. The molecule has 0 aliphatic carbocycles. The van der Waals surface area contributed by atoms with Crippen LogP contribution in [0.15, 0.2) is 134 Å². The summed E-state index contributed by atoms with van der Waals surface area (Å²) in [6.45, 7) is 6.86. The Balaban J connectivity index is 1.89. The van der Waals surface area contributed by atoms with Gasteiger partial charge in [0.15, 0.2) is 0 Å². The van der Waals surface area contributed by atoms with Gasteiger partial charge in [-0.2, -0.15) is 0 Å². The number of hydrogen-bond donors (Lipinski definition) is 1. The topological polar surface area (TPSA) is 40.5 Å². The average molecular weight is 476 g/mol. The number of carboxylic acid groups (broad SMARTS) is 1. The molecule has 4 atom stereocenters. The van der Waals surface area contributed by atoms with Crippen LogP contribution >= 0.6 is 0 Å². The number of benzene rings is 4. The lowest BCUT2D eigenvalue weighted by molar-refractivity contribution is -0.145. The normalized spacial score (nSPS) is 14.5. The first kappa shape index (κ1) is 25.2. The summed E-state index contributed by atoms with van der Waals surface area (Å²) in [5.41, 5.74) is 4.22.